The Morgan fingerprint density at radius 3 is 2.29 bits per heavy atom. The molecule has 1 heterocycles. The van der Waals surface area contributed by atoms with E-state index in [2.05, 4.69) is 0 Å². The van der Waals surface area contributed by atoms with Gasteiger partial charge in [0.15, 0.2) is 5.79 Å². The molecule has 0 aromatic rings. The van der Waals surface area contributed by atoms with Crippen LogP contribution in [-0.4, -0.2) is 62.3 Å². The highest BCUT2D eigenvalue weighted by molar-refractivity contribution is 4.95. The average molecular weight is 250 g/mol. The zero-order valence-electron chi connectivity index (χ0n) is 9.99. The first-order valence-corrected chi connectivity index (χ1v) is 6.01. The lowest BCUT2D eigenvalue weighted by Gasteiger charge is -2.45. The highest BCUT2D eigenvalue weighted by Gasteiger charge is 2.51. The summed E-state index contributed by atoms with van der Waals surface area (Å²) in [6, 6.07) is 0. The molecule has 0 aliphatic carbocycles. The molecular formula is C11H22O6. The van der Waals surface area contributed by atoms with Crippen molar-refractivity contribution in [1.29, 1.82) is 0 Å². The molecule has 6 nitrogen and oxygen atoms in total. The van der Waals surface area contributed by atoms with Gasteiger partial charge in [0.1, 0.15) is 24.4 Å². The van der Waals surface area contributed by atoms with Crippen molar-refractivity contribution in [3.05, 3.63) is 0 Å². The normalized spacial score (nSPS) is 42.7. The number of unbranched alkanes of at least 4 members (excludes halogenated alkanes) is 2. The molecule has 0 amide bonds. The van der Waals surface area contributed by atoms with Crippen LogP contribution < -0.4 is 0 Å². The lowest BCUT2D eigenvalue weighted by Crippen LogP contribution is -2.65. The molecule has 0 aromatic heterocycles. The third-order valence-electron chi connectivity index (χ3n) is 3.19. The number of hydrogen-bond acceptors (Lipinski definition) is 6. The molecule has 5 N–H and O–H groups in total. The van der Waals surface area contributed by atoms with Crippen molar-refractivity contribution in [2.75, 3.05) is 6.61 Å². The highest BCUT2D eigenvalue weighted by Crippen LogP contribution is 2.32. The molecular weight excluding hydrogens is 228 g/mol. The van der Waals surface area contributed by atoms with Crippen molar-refractivity contribution < 1.29 is 30.3 Å². The lowest BCUT2D eigenvalue weighted by molar-refractivity contribution is -0.351. The molecule has 0 aromatic carbocycles. The van der Waals surface area contributed by atoms with Crippen LogP contribution in [-0.2, 0) is 4.74 Å². The Hall–Kier alpha value is -0.240. The van der Waals surface area contributed by atoms with Gasteiger partial charge < -0.3 is 30.3 Å². The molecule has 0 radical (unpaired) electrons. The van der Waals surface area contributed by atoms with Gasteiger partial charge in [0.2, 0.25) is 0 Å². The molecule has 0 spiro atoms. The van der Waals surface area contributed by atoms with Gasteiger partial charge in [-0.05, 0) is 6.42 Å². The van der Waals surface area contributed by atoms with Gasteiger partial charge >= 0.3 is 0 Å². The van der Waals surface area contributed by atoms with Crippen LogP contribution in [0, 0.1) is 0 Å². The van der Waals surface area contributed by atoms with Gasteiger partial charge in [0.25, 0.3) is 0 Å². The molecule has 17 heavy (non-hydrogen) atoms. The van der Waals surface area contributed by atoms with Gasteiger partial charge in [-0.2, -0.15) is 0 Å². The third-order valence-corrected chi connectivity index (χ3v) is 3.19. The fourth-order valence-corrected chi connectivity index (χ4v) is 2.06. The van der Waals surface area contributed by atoms with Crippen LogP contribution in [0.15, 0.2) is 0 Å². The van der Waals surface area contributed by atoms with Gasteiger partial charge in [-0.3, -0.25) is 0 Å². The van der Waals surface area contributed by atoms with E-state index in [9.17, 15) is 20.4 Å². The van der Waals surface area contributed by atoms with Crippen LogP contribution in [0.2, 0.25) is 0 Å². The molecule has 1 aliphatic heterocycles. The predicted molar refractivity (Wildman–Crippen MR) is 59.1 cm³/mol. The SMILES string of the molecule is CCCCC[C@]1(O)O[C@H](CO)[C@@H](O)[C@H](O)[C@H]1O. The maximum absolute atomic E-state index is 10.1. The van der Waals surface area contributed by atoms with Crippen molar-refractivity contribution in [3.63, 3.8) is 0 Å². The molecule has 102 valence electrons. The summed E-state index contributed by atoms with van der Waals surface area (Å²) in [5.41, 5.74) is 0. The quantitative estimate of drug-likeness (QED) is 0.389. The van der Waals surface area contributed by atoms with E-state index in [1.165, 1.54) is 0 Å². The van der Waals surface area contributed by atoms with E-state index >= 15 is 0 Å². The minimum atomic E-state index is -1.90. The summed E-state index contributed by atoms with van der Waals surface area (Å²) in [6.07, 6.45) is -2.99. The Balaban J connectivity index is 2.69. The summed E-state index contributed by atoms with van der Waals surface area (Å²) in [5.74, 6) is -1.90. The van der Waals surface area contributed by atoms with Crippen molar-refractivity contribution >= 4 is 0 Å². The fourth-order valence-electron chi connectivity index (χ4n) is 2.06. The first kappa shape index (κ1) is 14.8. The number of aliphatic hydroxyl groups is 5. The summed E-state index contributed by atoms with van der Waals surface area (Å²) in [6.45, 7) is 1.47. The highest BCUT2D eigenvalue weighted by atomic mass is 16.7. The van der Waals surface area contributed by atoms with E-state index in [0.29, 0.717) is 6.42 Å². The first-order chi connectivity index (χ1) is 7.96. The zero-order chi connectivity index (χ0) is 13.1. The maximum atomic E-state index is 10.1. The number of hydrogen-bond donors (Lipinski definition) is 5. The van der Waals surface area contributed by atoms with E-state index in [-0.39, 0.29) is 6.42 Å². The van der Waals surface area contributed by atoms with Crippen LogP contribution >= 0.6 is 0 Å². The summed E-state index contributed by atoms with van der Waals surface area (Å²) in [7, 11) is 0. The fraction of sp³-hybridized carbons (Fsp3) is 1.00. The van der Waals surface area contributed by atoms with Crippen LogP contribution in [0.4, 0.5) is 0 Å². The topological polar surface area (TPSA) is 110 Å². The smallest absolute Gasteiger partial charge is 0.195 e. The molecule has 1 fully saturated rings. The minimum Gasteiger partial charge on any atom is -0.394 e. The lowest BCUT2D eigenvalue weighted by atomic mass is 9.89. The van der Waals surface area contributed by atoms with E-state index in [1.807, 2.05) is 6.92 Å². The molecule has 0 unspecified atom stereocenters. The van der Waals surface area contributed by atoms with E-state index in [1.54, 1.807) is 0 Å². The molecule has 1 rings (SSSR count). The second-order valence-corrected chi connectivity index (χ2v) is 4.57. The molecule has 0 saturated carbocycles. The second kappa shape index (κ2) is 6.08. The van der Waals surface area contributed by atoms with Crippen LogP contribution in [0.5, 0.6) is 0 Å². The summed E-state index contributed by atoms with van der Waals surface area (Å²) in [4.78, 5) is 0. The van der Waals surface area contributed by atoms with Gasteiger partial charge in [-0.1, -0.05) is 19.8 Å². The molecule has 5 atom stereocenters. The maximum Gasteiger partial charge on any atom is 0.195 e. The van der Waals surface area contributed by atoms with Gasteiger partial charge in [0.05, 0.1) is 6.61 Å². The van der Waals surface area contributed by atoms with E-state index in [0.717, 1.165) is 12.8 Å². The Bertz CT molecular complexity index is 234. The minimum absolute atomic E-state index is 0.155. The molecule has 6 heteroatoms. The Morgan fingerprint density at radius 1 is 1.12 bits per heavy atom. The van der Waals surface area contributed by atoms with Crippen LogP contribution in [0.1, 0.15) is 32.6 Å². The standard InChI is InChI=1S/C11H22O6/c1-2-3-4-5-11(16)10(15)9(14)8(13)7(6-12)17-11/h7-10,12-16H,2-6H2,1H3/t7-,8-,9+,10-,11+/m1/s1. The van der Waals surface area contributed by atoms with Crippen molar-refractivity contribution in [2.45, 2.75) is 62.8 Å². The van der Waals surface area contributed by atoms with Crippen LogP contribution in [0.25, 0.3) is 0 Å². The largest absolute Gasteiger partial charge is 0.394 e. The number of aliphatic hydroxyl groups excluding tert-OH is 4. The van der Waals surface area contributed by atoms with Gasteiger partial charge in [-0.15, -0.1) is 0 Å². The van der Waals surface area contributed by atoms with Crippen LogP contribution in [0.3, 0.4) is 0 Å². The van der Waals surface area contributed by atoms with Crippen molar-refractivity contribution in [2.24, 2.45) is 0 Å². The predicted octanol–water partition coefficient (Wildman–Crippen LogP) is -1.27. The van der Waals surface area contributed by atoms with Gasteiger partial charge in [0, 0.05) is 6.42 Å². The van der Waals surface area contributed by atoms with Crippen molar-refractivity contribution in [1.82, 2.24) is 0 Å². The Kier molecular flexibility index (Phi) is 5.30. The molecule has 0 bridgehead atoms. The molecule has 1 aliphatic rings. The molecule has 1 saturated heterocycles. The summed E-state index contributed by atoms with van der Waals surface area (Å²) in [5, 5.41) is 47.9. The monoisotopic (exact) mass is 250 g/mol. The first-order valence-electron chi connectivity index (χ1n) is 6.01. The van der Waals surface area contributed by atoms with Gasteiger partial charge in [-0.25, -0.2) is 0 Å². The van der Waals surface area contributed by atoms with E-state index in [4.69, 9.17) is 9.84 Å². The van der Waals surface area contributed by atoms with E-state index < -0.39 is 36.8 Å². The Labute approximate surface area is 100 Å². The Morgan fingerprint density at radius 2 is 1.76 bits per heavy atom. The zero-order valence-corrected chi connectivity index (χ0v) is 9.99. The van der Waals surface area contributed by atoms with Crippen molar-refractivity contribution in [3.8, 4) is 0 Å². The summed E-state index contributed by atoms with van der Waals surface area (Å²) < 4.78 is 5.11. The second-order valence-electron chi connectivity index (χ2n) is 4.57. The summed E-state index contributed by atoms with van der Waals surface area (Å²) >= 11 is 0. The average Bonchev–Trinajstić information content (AvgIpc) is 2.32. The third kappa shape index (κ3) is 3.15. The number of ether oxygens (including phenoxy) is 1. The number of rotatable bonds is 5.